The van der Waals surface area contributed by atoms with Crippen LogP contribution in [-0.4, -0.2) is 48.9 Å². The molecule has 2 atom stereocenters. The van der Waals surface area contributed by atoms with E-state index in [1.165, 1.54) is 4.90 Å². The van der Waals surface area contributed by atoms with Crippen molar-refractivity contribution >= 4 is 17.7 Å². The molecule has 0 bridgehead atoms. The Morgan fingerprint density at radius 1 is 1.35 bits per heavy atom. The first-order chi connectivity index (χ1) is 8.08. The molecule has 3 amide bonds. The molecule has 0 saturated carbocycles. The van der Waals surface area contributed by atoms with Gasteiger partial charge < -0.3 is 9.64 Å². The van der Waals surface area contributed by atoms with E-state index in [0.29, 0.717) is 19.6 Å². The van der Waals surface area contributed by atoms with Crippen LogP contribution in [0.5, 0.6) is 0 Å². The highest BCUT2D eigenvalue weighted by molar-refractivity contribution is 6.02. The summed E-state index contributed by atoms with van der Waals surface area (Å²) < 4.78 is 5.27. The van der Waals surface area contributed by atoms with Gasteiger partial charge in [-0.05, 0) is 12.3 Å². The number of carbonyl (C=O) groups is 3. The summed E-state index contributed by atoms with van der Waals surface area (Å²) in [6.07, 6.45) is 0.659. The van der Waals surface area contributed by atoms with Gasteiger partial charge in [-0.1, -0.05) is 6.92 Å². The second-order valence-electron chi connectivity index (χ2n) is 4.61. The van der Waals surface area contributed by atoms with Gasteiger partial charge in [0.25, 0.3) is 0 Å². The molecule has 1 N–H and O–H groups in total. The number of piperazine rings is 1. The van der Waals surface area contributed by atoms with Crippen LogP contribution in [0.1, 0.15) is 13.3 Å². The minimum Gasteiger partial charge on any atom is -0.381 e. The molecule has 6 heteroatoms. The van der Waals surface area contributed by atoms with Gasteiger partial charge in [0.1, 0.15) is 13.1 Å². The molecule has 2 unspecified atom stereocenters. The summed E-state index contributed by atoms with van der Waals surface area (Å²) in [4.78, 5) is 35.9. The van der Waals surface area contributed by atoms with Crippen LogP contribution in [0.3, 0.4) is 0 Å². The highest BCUT2D eigenvalue weighted by atomic mass is 16.5. The Labute approximate surface area is 99.3 Å². The molecule has 0 radical (unpaired) electrons. The number of hydrogen-bond donors (Lipinski definition) is 1. The molecule has 0 aromatic heterocycles. The van der Waals surface area contributed by atoms with E-state index in [0.717, 1.165) is 0 Å². The van der Waals surface area contributed by atoms with Gasteiger partial charge in [-0.25, -0.2) is 0 Å². The van der Waals surface area contributed by atoms with Crippen LogP contribution in [0.2, 0.25) is 0 Å². The van der Waals surface area contributed by atoms with E-state index in [1.807, 2.05) is 6.92 Å². The lowest BCUT2D eigenvalue weighted by atomic mass is 9.88. The Bertz CT molecular complexity index is 339. The predicted octanol–water partition coefficient (Wildman–Crippen LogP) is -0.856. The lowest BCUT2D eigenvalue weighted by molar-refractivity contribution is -0.150. The molecule has 6 nitrogen and oxygen atoms in total. The molecule has 2 saturated heterocycles. The van der Waals surface area contributed by atoms with Gasteiger partial charge in [0.2, 0.25) is 17.7 Å². The number of rotatable bonds is 1. The number of amides is 3. The van der Waals surface area contributed by atoms with Crippen molar-refractivity contribution in [2.24, 2.45) is 11.8 Å². The van der Waals surface area contributed by atoms with Gasteiger partial charge in [0.15, 0.2) is 0 Å². The second-order valence-corrected chi connectivity index (χ2v) is 4.61. The molecular formula is C11H16N2O4. The largest absolute Gasteiger partial charge is 0.381 e. The van der Waals surface area contributed by atoms with Gasteiger partial charge in [-0.3, -0.25) is 19.7 Å². The predicted molar refractivity (Wildman–Crippen MR) is 57.8 cm³/mol. The van der Waals surface area contributed by atoms with Crippen LogP contribution >= 0.6 is 0 Å². The first-order valence-corrected chi connectivity index (χ1v) is 5.77. The average molecular weight is 240 g/mol. The third-order valence-electron chi connectivity index (χ3n) is 3.22. The molecule has 0 spiro atoms. The van der Waals surface area contributed by atoms with Gasteiger partial charge in [-0.2, -0.15) is 0 Å². The first kappa shape index (κ1) is 12.0. The van der Waals surface area contributed by atoms with Crippen LogP contribution in [0.15, 0.2) is 0 Å². The van der Waals surface area contributed by atoms with Crippen molar-refractivity contribution < 1.29 is 19.1 Å². The second kappa shape index (κ2) is 4.83. The van der Waals surface area contributed by atoms with Gasteiger partial charge in [-0.15, -0.1) is 0 Å². The van der Waals surface area contributed by atoms with E-state index in [1.54, 1.807) is 0 Å². The molecule has 2 heterocycles. The standard InChI is InChI=1S/C11H16N2O4/c1-7-6-17-3-2-8(7)11(16)13-4-9(14)12-10(15)5-13/h7-8H,2-6H2,1H3,(H,12,14,15). The fourth-order valence-corrected chi connectivity index (χ4v) is 2.27. The van der Waals surface area contributed by atoms with Crippen LogP contribution in [-0.2, 0) is 19.1 Å². The molecule has 2 rings (SSSR count). The maximum absolute atomic E-state index is 12.2. The maximum atomic E-state index is 12.2. The summed E-state index contributed by atoms with van der Waals surface area (Å²) in [5, 5.41) is 2.18. The third-order valence-corrected chi connectivity index (χ3v) is 3.22. The lowest BCUT2D eigenvalue weighted by Gasteiger charge is -2.33. The smallest absolute Gasteiger partial charge is 0.246 e. The lowest BCUT2D eigenvalue weighted by Crippen LogP contribution is -2.55. The summed E-state index contributed by atoms with van der Waals surface area (Å²) in [5.41, 5.74) is 0. The van der Waals surface area contributed by atoms with Crippen molar-refractivity contribution in [2.75, 3.05) is 26.3 Å². The van der Waals surface area contributed by atoms with E-state index < -0.39 is 11.8 Å². The molecule has 2 aliphatic rings. The Hall–Kier alpha value is -1.43. The number of ether oxygens (including phenoxy) is 1. The number of carbonyl (C=O) groups excluding carboxylic acids is 3. The summed E-state index contributed by atoms with van der Waals surface area (Å²) >= 11 is 0. The fourth-order valence-electron chi connectivity index (χ4n) is 2.27. The third kappa shape index (κ3) is 2.63. The first-order valence-electron chi connectivity index (χ1n) is 5.77. The highest BCUT2D eigenvalue weighted by Gasteiger charge is 2.35. The van der Waals surface area contributed by atoms with Gasteiger partial charge in [0.05, 0.1) is 0 Å². The Morgan fingerprint density at radius 2 is 2.00 bits per heavy atom. The van der Waals surface area contributed by atoms with Crippen molar-refractivity contribution in [2.45, 2.75) is 13.3 Å². The molecule has 2 fully saturated rings. The van der Waals surface area contributed by atoms with E-state index >= 15 is 0 Å². The topological polar surface area (TPSA) is 75.7 Å². The van der Waals surface area contributed by atoms with Crippen LogP contribution in [0, 0.1) is 11.8 Å². The van der Waals surface area contributed by atoms with E-state index in [-0.39, 0.29) is 30.8 Å². The van der Waals surface area contributed by atoms with Gasteiger partial charge >= 0.3 is 0 Å². The zero-order chi connectivity index (χ0) is 12.4. The zero-order valence-electron chi connectivity index (χ0n) is 9.77. The monoisotopic (exact) mass is 240 g/mol. The molecule has 0 aliphatic carbocycles. The molecule has 2 aliphatic heterocycles. The Balaban J connectivity index is 2.03. The molecule has 0 aromatic rings. The van der Waals surface area contributed by atoms with Crippen LogP contribution in [0.4, 0.5) is 0 Å². The fraction of sp³-hybridized carbons (Fsp3) is 0.727. The summed E-state index contributed by atoms with van der Waals surface area (Å²) in [5.74, 6) is -0.925. The van der Waals surface area contributed by atoms with E-state index in [2.05, 4.69) is 5.32 Å². The van der Waals surface area contributed by atoms with Crippen molar-refractivity contribution in [1.29, 1.82) is 0 Å². The van der Waals surface area contributed by atoms with Gasteiger partial charge in [0, 0.05) is 19.1 Å². The summed E-state index contributed by atoms with van der Waals surface area (Å²) in [7, 11) is 0. The quantitative estimate of drug-likeness (QED) is 0.605. The highest BCUT2D eigenvalue weighted by Crippen LogP contribution is 2.23. The van der Waals surface area contributed by atoms with E-state index in [4.69, 9.17) is 4.74 Å². The maximum Gasteiger partial charge on any atom is 0.246 e. The normalized spacial score (nSPS) is 30.1. The average Bonchev–Trinajstić information content (AvgIpc) is 2.27. The van der Waals surface area contributed by atoms with Crippen molar-refractivity contribution in [3.8, 4) is 0 Å². The summed E-state index contributed by atoms with van der Waals surface area (Å²) in [6.45, 7) is 3.04. The Morgan fingerprint density at radius 3 is 2.59 bits per heavy atom. The minimum atomic E-state index is -0.408. The molecule has 94 valence electrons. The number of hydrogen-bond acceptors (Lipinski definition) is 4. The van der Waals surface area contributed by atoms with Crippen LogP contribution < -0.4 is 5.32 Å². The van der Waals surface area contributed by atoms with E-state index in [9.17, 15) is 14.4 Å². The minimum absolute atomic E-state index is 0.0192. The number of nitrogens with one attached hydrogen (secondary N) is 1. The van der Waals surface area contributed by atoms with Crippen molar-refractivity contribution in [3.05, 3.63) is 0 Å². The number of nitrogens with zero attached hydrogens (tertiary/aromatic N) is 1. The molecule has 17 heavy (non-hydrogen) atoms. The summed E-state index contributed by atoms with van der Waals surface area (Å²) in [6, 6.07) is 0. The van der Waals surface area contributed by atoms with Crippen molar-refractivity contribution in [1.82, 2.24) is 10.2 Å². The Kier molecular flexibility index (Phi) is 3.42. The zero-order valence-corrected chi connectivity index (χ0v) is 9.77. The SMILES string of the molecule is CC1COCCC1C(=O)N1CC(=O)NC(=O)C1. The molecule has 0 aromatic carbocycles. The van der Waals surface area contributed by atoms with Crippen molar-refractivity contribution in [3.63, 3.8) is 0 Å². The molecular weight excluding hydrogens is 224 g/mol. The number of imide groups is 1. The van der Waals surface area contributed by atoms with Crippen LogP contribution in [0.25, 0.3) is 0 Å².